The van der Waals surface area contributed by atoms with Crippen LogP contribution < -0.4 is 0 Å². The largest absolute Gasteiger partial charge is 0.390 e. The molecule has 2 saturated carbocycles. The van der Waals surface area contributed by atoms with E-state index < -0.39 is 5.60 Å². The van der Waals surface area contributed by atoms with Gasteiger partial charge in [-0.3, -0.25) is 0 Å². The van der Waals surface area contributed by atoms with E-state index >= 15 is 0 Å². The highest BCUT2D eigenvalue weighted by Crippen LogP contribution is 2.71. The van der Waals surface area contributed by atoms with Crippen LogP contribution in [0.4, 0.5) is 0 Å². The average molecular weight is 236 g/mol. The Bertz CT molecular complexity index is 377. The maximum absolute atomic E-state index is 10.7. The molecule has 0 radical (unpaired) electrons. The van der Waals surface area contributed by atoms with Gasteiger partial charge in [0.15, 0.2) is 0 Å². The SMILES string of the molecule is C[C@H]1CC[C@@]23C[C@]1(C)[C@@H](O2)[C@H]1[C@@H]3CC[C@@]1(C)O. The number of rotatable bonds is 0. The molecule has 4 rings (SSSR count). The summed E-state index contributed by atoms with van der Waals surface area (Å²) in [6.45, 7) is 6.84. The molecule has 4 fully saturated rings. The Balaban J connectivity index is 1.83. The minimum atomic E-state index is -0.476. The molecule has 0 aromatic rings. The standard InChI is InChI=1S/C15H24O2/c1-9-4-7-15-8-13(9,2)12(17-15)11-10(15)5-6-14(11,3)16/h9-12,16H,4-8H2,1-3H3/t9-,10-,11+,12-,13-,14+,15-/m0/s1. The number of aliphatic hydroxyl groups is 1. The summed E-state index contributed by atoms with van der Waals surface area (Å²) >= 11 is 0. The van der Waals surface area contributed by atoms with Gasteiger partial charge in [0.05, 0.1) is 17.3 Å². The van der Waals surface area contributed by atoms with Gasteiger partial charge in [-0.15, -0.1) is 0 Å². The number of hydrogen-bond acceptors (Lipinski definition) is 2. The molecular weight excluding hydrogens is 212 g/mol. The Morgan fingerprint density at radius 1 is 1.18 bits per heavy atom. The van der Waals surface area contributed by atoms with Crippen LogP contribution in [0.3, 0.4) is 0 Å². The molecule has 0 aromatic heterocycles. The molecule has 0 unspecified atom stereocenters. The third kappa shape index (κ3) is 1.02. The fraction of sp³-hybridized carbons (Fsp3) is 1.00. The molecule has 3 bridgehead atoms. The van der Waals surface area contributed by atoms with E-state index in [1.807, 2.05) is 6.92 Å². The molecule has 2 heteroatoms. The first kappa shape index (κ1) is 10.8. The van der Waals surface area contributed by atoms with E-state index in [1.54, 1.807) is 0 Å². The van der Waals surface area contributed by atoms with Gasteiger partial charge in [-0.25, -0.2) is 0 Å². The lowest BCUT2D eigenvalue weighted by atomic mass is 9.52. The van der Waals surface area contributed by atoms with E-state index in [9.17, 15) is 5.11 Å². The Hall–Kier alpha value is -0.0800. The fourth-order valence-corrected chi connectivity index (χ4v) is 5.81. The molecule has 4 aliphatic rings. The third-order valence-corrected chi connectivity index (χ3v) is 6.93. The Kier molecular flexibility index (Phi) is 1.75. The first-order chi connectivity index (χ1) is 7.89. The minimum Gasteiger partial charge on any atom is -0.390 e. The topological polar surface area (TPSA) is 29.5 Å². The Morgan fingerprint density at radius 2 is 1.94 bits per heavy atom. The molecule has 96 valence electrons. The number of fused-ring (bicyclic) bond motifs is 5. The lowest BCUT2D eigenvalue weighted by molar-refractivity contribution is -0.0635. The van der Waals surface area contributed by atoms with E-state index in [-0.39, 0.29) is 5.60 Å². The molecule has 1 spiro atoms. The van der Waals surface area contributed by atoms with Crippen LogP contribution in [0.15, 0.2) is 0 Å². The highest BCUT2D eigenvalue weighted by atomic mass is 16.5. The van der Waals surface area contributed by atoms with Crippen LogP contribution in [-0.2, 0) is 4.74 Å². The lowest BCUT2D eigenvalue weighted by Gasteiger charge is -2.50. The monoisotopic (exact) mass is 236 g/mol. The van der Waals surface area contributed by atoms with Crippen LogP contribution in [0.2, 0.25) is 0 Å². The van der Waals surface area contributed by atoms with Crippen molar-refractivity contribution >= 4 is 0 Å². The molecule has 2 aliphatic heterocycles. The normalized spacial score (nSPS) is 68.5. The van der Waals surface area contributed by atoms with Crippen LogP contribution in [0.25, 0.3) is 0 Å². The minimum absolute atomic E-state index is 0.150. The smallest absolute Gasteiger partial charge is 0.0725 e. The summed E-state index contributed by atoms with van der Waals surface area (Å²) in [5.41, 5.74) is 0.000648. The van der Waals surface area contributed by atoms with Crippen molar-refractivity contribution < 1.29 is 9.84 Å². The Morgan fingerprint density at radius 3 is 2.71 bits per heavy atom. The van der Waals surface area contributed by atoms with Crippen molar-refractivity contribution in [3.63, 3.8) is 0 Å². The van der Waals surface area contributed by atoms with Crippen molar-refractivity contribution in [1.82, 2.24) is 0 Å². The molecule has 1 N–H and O–H groups in total. The van der Waals surface area contributed by atoms with Gasteiger partial charge in [0.1, 0.15) is 0 Å². The number of ether oxygens (including phenoxy) is 1. The van der Waals surface area contributed by atoms with Gasteiger partial charge in [-0.05, 0) is 56.3 Å². The van der Waals surface area contributed by atoms with Gasteiger partial charge in [-0.2, -0.15) is 0 Å². The maximum Gasteiger partial charge on any atom is 0.0725 e. The zero-order valence-corrected chi connectivity index (χ0v) is 11.2. The van der Waals surface area contributed by atoms with Crippen molar-refractivity contribution in [2.75, 3.05) is 0 Å². The van der Waals surface area contributed by atoms with Crippen LogP contribution in [-0.4, -0.2) is 22.4 Å². The molecule has 0 amide bonds. The van der Waals surface area contributed by atoms with Crippen LogP contribution >= 0.6 is 0 Å². The summed E-state index contributed by atoms with van der Waals surface area (Å²) < 4.78 is 6.50. The second-order valence-corrected chi connectivity index (χ2v) is 7.75. The quantitative estimate of drug-likeness (QED) is 0.701. The number of hydrogen-bond donors (Lipinski definition) is 1. The summed E-state index contributed by atoms with van der Waals surface area (Å²) in [5, 5.41) is 10.7. The lowest BCUT2D eigenvalue weighted by Crippen LogP contribution is -2.53. The average Bonchev–Trinajstić information content (AvgIpc) is 2.81. The Labute approximate surface area is 104 Å². The molecule has 17 heavy (non-hydrogen) atoms. The van der Waals surface area contributed by atoms with Gasteiger partial charge in [-0.1, -0.05) is 13.8 Å². The summed E-state index contributed by atoms with van der Waals surface area (Å²) in [5.74, 6) is 1.80. The van der Waals surface area contributed by atoms with Gasteiger partial charge in [0, 0.05) is 5.92 Å². The molecule has 7 atom stereocenters. The third-order valence-electron chi connectivity index (χ3n) is 6.93. The van der Waals surface area contributed by atoms with Crippen LogP contribution in [0, 0.1) is 23.2 Å². The van der Waals surface area contributed by atoms with E-state index in [0.717, 1.165) is 12.3 Å². The van der Waals surface area contributed by atoms with E-state index in [2.05, 4.69) is 13.8 Å². The van der Waals surface area contributed by atoms with Gasteiger partial charge in [0.25, 0.3) is 0 Å². The first-order valence-electron chi connectivity index (χ1n) is 7.29. The molecule has 2 saturated heterocycles. The van der Waals surface area contributed by atoms with Gasteiger partial charge in [0.2, 0.25) is 0 Å². The van der Waals surface area contributed by atoms with Gasteiger partial charge < -0.3 is 9.84 Å². The van der Waals surface area contributed by atoms with Crippen molar-refractivity contribution in [3.8, 4) is 0 Å². The second kappa shape index (κ2) is 2.75. The predicted octanol–water partition coefficient (Wildman–Crippen LogP) is 2.74. The zero-order chi connectivity index (χ0) is 12.1. The highest BCUT2D eigenvalue weighted by molar-refractivity contribution is 5.22. The van der Waals surface area contributed by atoms with Crippen molar-refractivity contribution in [2.45, 2.75) is 70.2 Å². The highest BCUT2D eigenvalue weighted by Gasteiger charge is 2.74. The van der Waals surface area contributed by atoms with E-state index in [1.165, 1.54) is 25.7 Å². The fourth-order valence-electron chi connectivity index (χ4n) is 5.81. The molecule has 2 nitrogen and oxygen atoms in total. The van der Waals surface area contributed by atoms with Crippen molar-refractivity contribution in [3.05, 3.63) is 0 Å². The summed E-state index contributed by atoms with van der Waals surface area (Å²) in [6.07, 6.45) is 6.29. The van der Waals surface area contributed by atoms with Crippen LogP contribution in [0.1, 0.15) is 52.9 Å². The summed E-state index contributed by atoms with van der Waals surface area (Å²) in [4.78, 5) is 0. The van der Waals surface area contributed by atoms with Gasteiger partial charge >= 0.3 is 0 Å². The maximum atomic E-state index is 10.7. The summed E-state index contributed by atoms with van der Waals surface area (Å²) in [6, 6.07) is 0. The molecule has 2 aliphatic carbocycles. The van der Waals surface area contributed by atoms with Crippen molar-refractivity contribution in [1.29, 1.82) is 0 Å². The molecular formula is C15H24O2. The molecule has 2 heterocycles. The van der Waals surface area contributed by atoms with Crippen molar-refractivity contribution in [2.24, 2.45) is 23.2 Å². The summed E-state index contributed by atoms with van der Waals surface area (Å²) in [7, 11) is 0. The molecule has 0 aromatic carbocycles. The zero-order valence-electron chi connectivity index (χ0n) is 11.2. The van der Waals surface area contributed by atoms with E-state index in [0.29, 0.717) is 23.4 Å². The van der Waals surface area contributed by atoms with E-state index in [4.69, 9.17) is 4.74 Å². The van der Waals surface area contributed by atoms with Crippen LogP contribution in [0.5, 0.6) is 0 Å². The first-order valence-corrected chi connectivity index (χ1v) is 7.29. The predicted molar refractivity (Wildman–Crippen MR) is 65.6 cm³/mol. The second-order valence-electron chi connectivity index (χ2n) is 7.75.